The van der Waals surface area contributed by atoms with Crippen molar-refractivity contribution in [3.63, 3.8) is 0 Å². The maximum Gasteiger partial charge on any atom is 0.258 e. The number of aryl methyl sites for hydroxylation is 2. The van der Waals surface area contributed by atoms with Gasteiger partial charge in [0.1, 0.15) is 0 Å². The summed E-state index contributed by atoms with van der Waals surface area (Å²) >= 11 is 0. The predicted octanol–water partition coefficient (Wildman–Crippen LogP) is 2.99. The fourth-order valence-electron chi connectivity index (χ4n) is 3.07. The fraction of sp³-hybridized carbons (Fsp3) is 0.278. The lowest BCUT2D eigenvalue weighted by Crippen LogP contribution is -2.36. The molecule has 0 aromatic heterocycles. The summed E-state index contributed by atoms with van der Waals surface area (Å²) < 4.78 is 23.4. The number of para-hydroxylation sites is 1. The molecule has 5 heteroatoms. The van der Waals surface area contributed by atoms with Crippen LogP contribution in [0.15, 0.2) is 47.4 Å². The van der Waals surface area contributed by atoms with Gasteiger partial charge in [-0.2, -0.15) is 0 Å². The van der Waals surface area contributed by atoms with Crippen LogP contribution >= 0.6 is 0 Å². The molecule has 120 valence electrons. The van der Waals surface area contributed by atoms with E-state index < -0.39 is 9.84 Å². The van der Waals surface area contributed by atoms with E-state index in [1.54, 1.807) is 17.0 Å². The first-order valence-electron chi connectivity index (χ1n) is 7.58. The van der Waals surface area contributed by atoms with Gasteiger partial charge in [0.15, 0.2) is 9.84 Å². The van der Waals surface area contributed by atoms with Crippen LogP contribution in [-0.2, 0) is 16.3 Å². The van der Waals surface area contributed by atoms with Crippen molar-refractivity contribution in [2.75, 3.05) is 17.7 Å². The van der Waals surface area contributed by atoms with Gasteiger partial charge in [0.25, 0.3) is 5.91 Å². The molecule has 3 rings (SSSR count). The molecule has 4 nitrogen and oxygen atoms in total. The Morgan fingerprint density at radius 2 is 1.87 bits per heavy atom. The van der Waals surface area contributed by atoms with E-state index in [1.165, 1.54) is 17.7 Å². The summed E-state index contributed by atoms with van der Waals surface area (Å²) in [5.41, 5.74) is 3.61. The maximum absolute atomic E-state index is 12.9. The van der Waals surface area contributed by atoms with Gasteiger partial charge < -0.3 is 4.90 Å². The molecular formula is C18H19NO3S. The fourth-order valence-corrected chi connectivity index (χ4v) is 3.73. The first-order valence-corrected chi connectivity index (χ1v) is 9.47. The van der Waals surface area contributed by atoms with Crippen LogP contribution in [0.25, 0.3) is 0 Å². The highest BCUT2D eigenvalue weighted by Crippen LogP contribution is 2.31. The Kier molecular flexibility index (Phi) is 3.98. The summed E-state index contributed by atoms with van der Waals surface area (Å²) in [7, 11) is -3.33. The molecule has 1 aliphatic rings. The first-order chi connectivity index (χ1) is 10.9. The van der Waals surface area contributed by atoms with E-state index in [-0.39, 0.29) is 10.8 Å². The molecule has 1 heterocycles. The highest BCUT2D eigenvalue weighted by molar-refractivity contribution is 7.90. The largest absolute Gasteiger partial charge is 0.308 e. The van der Waals surface area contributed by atoms with E-state index in [2.05, 4.69) is 6.07 Å². The topological polar surface area (TPSA) is 54.5 Å². The van der Waals surface area contributed by atoms with Gasteiger partial charge in [-0.05, 0) is 49.1 Å². The molecule has 0 spiro atoms. The number of rotatable bonds is 2. The molecule has 0 saturated heterocycles. The van der Waals surface area contributed by atoms with Gasteiger partial charge in [-0.3, -0.25) is 4.79 Å². The lowest BCUT2D eigenvalue weighted by atomic mass is 9.97. The van der Waals surface area contributed by atoms with Crippen molar-refractivity contribution in [2.24, 2.45) is 0 Å². The lowest BCUT2D eigenvalue weighted by Gasteiger charge is -2.31. The van der Waals surface area contributed by atoms with E-state index in [0.29, 0.717) is 12.1 Å². The molecule has 0 fully saturated rings. The quantitative estimate of drug-likeness (QED) is 0.851. The molecule has 1 amide bonds. The normalized spacial score (nSPS) is 14.4. The summed E-state index contributed by atoms with van der Waals surface area (Å²) in [6, 6.07) is 12.3. The Morgan fingerprint density at radius 1 is 1.13 bits per heavy atom. The van der Waals surface area contributed by atoms with E-state index in [4.69, 9.17) is 0 Å². The minimum Gasteiger partial charge on any atom is -0.308 e. The van der Waals surface area contributed by atoms with Gasteiger partial charge >= 0.3 is 0 Å². The molecule has 23 heavy (non-hydrogen) atoms. The molecular weight excluding hydrogens is 310 g/mol. The zero-order valence-electron chi connectivity index (χ0n) is 13.2. The number of hydrogen-bond acceptors (Lipinski definition) is 3. The molecule has 0 unspecified atom stereocenters. The molecule has 2 aromatic carbocycles. The average molecular weight is 329 g/mol. The molecule has 0 N–H and O–H groups in total. The second kappa shape index (κ2) is 5.81. The second-order valence-electron chi connectivity index (χ2n) is 5.94. The van der Waals surface area contributed by atoms with Crippen molar-refractivity contribution in [2.45, 2.75) is 24.7 Å². The standard InChI is InChI=1S/C18H19NO3S/c1-13-6-3-7-14-9-5-11-19(17(13)14)18(20)15-8-4-10-16(12-15)23(2,21)22/h3-4,6-8,10,12H,5,9,11H2,1-2H3. The van der Waals surface area contributed by atoms with Gasteiger partial charge in [-0.25, -0.2) is 8.42 Å². The Balaban J connectivity index is 2.03. The zero-order valence-corrected chi connectivity index (χ0v) is 14.1. The molecule has 0 atom stereocenters. The van der Waals surface area contributed by atoms with Crippen molar-refractivity contribution in [1.29, 1.82) is 0 Å². The van der Waals surface area contributed by atoms with Gasteiger partial charge in [0.2, 0.25) is 0 Å². The minimum absolute atomic E-state index is 0.147. The molecule has 0 saturated carbocycles. The van der Waals surface area contributed by atoms with Crippen LogP contribution in [0.2, 0.25) is 0 Å². The van der Waals surface area contributed by atoms with E-state index in [1.807, 2.05) is 19.1 Å². The van der Waals surface area contributed by atoms with Crippen molar-refractivity contribution < 1.29 is 13.2 Å². The number of benzene rings is 2. The van der Waals surface area contributed by atoms with Gasteiger partial charge in [-0.15, -0.1) is 0 Å². The number of amides is 1. The molecule has 0 aliphatic carbocycles. The predicted molar refractivity (Wildman–Crippen MR) is 90.7 cm³/mol. The van der Waals surface area contributed by atoms with Crippen LogP contribution in [0.5, 0.6) is 0 Å². The van der Waals surface area contributed by atoms with Gasteiger partial charge in [-0.1, -0.05) is 24.3 Å². The third-order valence-electron chi connectivity index (χ3n) is 4.17. The molecule has 0 radical (unpaired) electrons. The van der Waals surface area contributed by atoms with Crippen LogP contribution in [0.4, 0.5) is 5.69 Å². The SMILES string of the molecule is Cc1cccc2c1N(C(=O)c1cccc(S(C)(=O)=O)c1)CCC2. The summed E-state index contributed by atoms with van der Waals surface area (Å²) in [5.74, 6) is -0.147. The number of fused-ring (bicyclic) bond motifs is 1. The van der Waals surface area contributed by atoms with Crippen LogP contribution < -0.4 is 4.90 Å². The van der Waals surface area contributed by atoms with Crippen LogP contribution in [0, 0.1) is 6.92 Å². The number of sulfone groups is 1. The van der Waals surface area contributed by atoms with Crippen LogP contribution in [0.3, 0.4) is 0 Å². The van der Waals surface area contributed by atoms with Crippen molar-refractivity contribution in [3.8, 4) is 0 Å². The van der Waals surface area contributed by atoms with Crippen LogP contribution in [-0.4, -0.2) is 27.1 Å². The maximum atomic E-state index is 12.9. The minimum atomic E-state index is -3.33. The van der Waals surface area contributed by atoms with E-state index in [0.717, 1.165) is 30.3 Å². The lowest BCUT2D eigenvalue weighted by molar-refractivity contribution is 0.0984. The molecule has 1 aliphatic heterocycles. The number of hydrogen-bond donors (Lipinski definition) is 0. The smallest absolute Gasteiger partial charge is 0.258 e. The Hall–Kier alpha value is -2.14. The number of carbonyl (C=O) groups excluding carboxylic acids is 1. The molecule has 2 aromatic rings. The summed E-state index contributed by atoms with van der Waals surface area (Å²) in [5, 5.41) is 0. The highest BCUT2D eigenvalue weighted by atomic mass is 32.2. The zero-order chi connectivity index (χ0) is 16.6. The highest BCUT2D eigenvalue weighted by Gasteiger charge is 2.25. The second-order valence-corrected chi connectivity index (χ2v) is 7.96. The third-order valence-corrected chi connectivity index (χ3v) is 5.28. The summed E-state index contributed by atoms with van der Waals surface area (Å²) in [4.78, 5) is 14.9. The van der Waals surface area contributed by atoms with Gasteiger partial charge in [0, 0.05) is 18.4 Å². The van der Waals surface area contributed by atoms with E-state index >= 15 is 0 Å². The van der Waals surface area contributed by atoms with Gasteiger partial charge in [0.05, 0.1) is 10.6 Å². The monoisotopic (exact) mass is 329 g/mol. The van der Waals surface area contributed by atoms with E-state index in [9.17, 15) is 13.2 Å². The summed E-state index contributed by atoms with van der Waals surface area (Å²) in [6.07, 6.45) is 3.02. The van der Waals surface area contributed by atoms with Crippen LogP contribution in [0.1, 0.15) is 27.9 Å². The van der Waals surface area contributed by atoms with Crippen molar-refractivity contribution in [1.82, 2.24) is 0 Å². The number of nitrogens with zero attached hydrogens (tertiary/aromatic N) is 1. The number of anilines is 1. The Morgan fingerprint density at radius 3 is 2.61 bits per heavy atom. The first kappa shape index (κ1) is 15.7. The third kappa shape index (κ3) is 3.01. The summed E-state index contributed by atoms with van der Waals surface area (Å²) in [6.45, 7) is 2.65. The Labute approximate surface area is 136 Å². The number of carbonyl (C=O) groups is 1. The van der Waals surface area contributed by atoms with Crippen molar-refractivity contribution in [3.05, 3.63) is 59.2 Å². The average Bonchev–Trinajstić information content (AvgIpc) is 2.53. The Bertz CT molecular complexity index is 872. The molecule has 0 bridgehead atoms. The van der Waals surface area contributed by atoms with Crippen molar-refractivity contribution >= 4 is 21.4 Å².